The van der Waals surface area contributed by atoms with E-state index in [0.29, 0.717) is 23.8 Å². The Balaban J connectivity index is 1.88. The maximum absolute atomic E-state index is 12.0. The topological polar surface area (TPSA) is 29.1 Å². The summed E-state index contributed by atoms with van der Waals surface area (Å²) in [7, 11) is 0. The third kappa shape index (κ3) is 4.61. The molecule has 0 unspecified atom stereocenters. The van der Waals surface area contributed by atoms with E-state index in [1.165, 1.54) is 5.56 Å². The Morgan fingerprint density at radius 3 is 2.38 bits per heavy atom. The molecular formula is C18H20ClNO. The lowest BCUT2D eigenvalue weighted by Gasteiger charge is -2.09. The number of hydrogen-bond acceptors (Lipinski definition) is 1. The molecule has 110 valence electrons. The molecule has 1 N–H and O–H groups in total. The Kier molecular flexibility index (Phi) is 5.40. The van der Waals surface area contributed by atoms with Crippen molar-refractivity contribution in [2.24, 2.45) is 0 Å². The Morgan fingerprint density at radius 2 is 1.76 bits per heavy atom. The molecule has 0 heterocycles. The molecule has 2 nitrogen and oxygen atoms in total. The molecule has 0 aliphatic rings. The Hall–Kier alpha value is -1.80. The third-order valence-electron chi connectivity index (χ3n) is 3.44. The Labute approximate surface area is 131 Å². The van der Waals surface area contributed by atoms with E-state index in [0.717, 1.165) is 11.3 Å². The van der Waals surface area contributed by atoms with Crippen LogP contribution in [0.15, 0.2) is 48.5 Å². The first-order valence-electron chi connectivity index (χ1n) is 7.19. The molecule has 3 heteroatoms. The zero-order valence-corrected chi connectivity index (χ0v) is 13.2. The van der Waals surface area contributed by atoms with Gasteiger partial charge >= 0.3 is 0 Å². The smallest absolute Gasteiger partial charge is 0.224 e. The summed E-state index contributed by atoms with van der Waals surface area (Å²) in [6.07, 6.45) is 1.07. The number of anilines is 1. The first-order chi connectivity index (χ1) is 10.1. The van der Waals surface area contributed by atoms with Gasteiger partial charge in [-0.2, -0.15) is 0 Å². The molecule has 0 bridgehead atoms. The summed E-state index contributed by atoms with van der Waals surface area (Å²) in [4.78, 5) is 12.0. The van der Waals surface area contributed by atoms with Crippen molar-refractivity contribution in [1.82, 2.24) is 0 Å². The average molecular weight is 302 g/mol. The number of rotatable bonds is 5. The van der Waals surface area contributed by atoms with E-state index in [9.17, 15) is 4.79 Å². The Bertz CT molecular complexity index is 605. The van der Waals surface area contributed by atoms with Gasteiger partial charge in [-0.05, 0) is 41.7 Å². The van der Waals surface area contributed by atoms with E-state index < -0.39 is 0 Å². The van der Waals surface area contributed by atoms with Crippen LogP contribution in [-0.2, 0) is 11.2 Å². The minimum absolute atomic E-state index is 0.00668. The normalized spacial score (nSPS) is 10.7. The monoisotopic (exact) mass is 301 g/mol. The number of carbonyl (C=O) groups is 1. The van der Waals surface area contributed by atoms with Gasteiger partial charge in [-0.3, -0.25) is 4.79 Å². The Morgan fingerprint density at radius 1 is 1.10 bits per heavy atom. The standard InChI is InChI=1S/C18H20ClNO/c1-13(2)14-7-10-16(11-8-14)20-18(21)12-9-15-5-3-4-6-17(15)19/h3-8,10-11,13H,9,12H2,1-2H3,(H,20,21). The highest BCUT2D eigenvalue weighted by molar-refractivity contribution is 6.31. The number of hydrogen-bond donors (Lipinski definition) is 1. The van der Waals surface area contributed by atoms with E-state index in [1.54, 1.807) is 0 Å². The lowest BCUT2D eigenvalue weighted by atomic mass is 10.0. The predicted molar refractivity (Wildman–Crippen MR) is 88.9 cm³/mol. The quantitative estimate of drug-likeness (QED) is 0.824. The number of amides is 1. The van der Waals surface area contributed by atoms with Crippen LogP contribution in [0.25, 0.3) is 0 Å². The fourth-order valence-corrected chi connectivity index (χ4v) is 2.35. The minimum atomic E-state index is 0.00668. The highest BCUT2D eigenvalue weighted by Crippen LogP contribution is 2.19. The van der Waals surface area contributed by atoms with Crippen molar-refractivity contribution in [2.75, 3.05) is 5.32 Å². The van der Waals surface area contributed by atoms with Crippen LogP contribution in [0.5, 0.6) is 0 Å². The van der Waals surface area contributed by atoms with Crippen molar-refractivity contribution in [3.05, 3.63) is 64.7 Å². The van der Waals surface area contributed by atoms with Gasteiger partial charge in [-0.25, -0.2) is 0 Å². The van der Waals surface area contributed by atoms with Gasteiger partial charge in [0.15, 0.2) is 0 Å². The van der Waals surface area contributed by atoms with Crippen LogP contribution in [0.1, 0.15) is 37.3 Å². The van der Waals surface area contributed by atoms with Crippen LogP contribution in [0, 0.1) is 0 Å². The molecule has 0 saturated heterocycles. The number of aryl methyl sites for hydroxylation is 1. The van der Waals surface area contributed by atoms with Gasteiger partial charge in [0.05, 0.1) is 0 Å². The van der Waals surface area contributed by atoms with Crippen molar-refractivity contribution in [1.29, 1.82) is 0 Å². The highest BCUT2D eigenvalue weighted by atomic mass is 35.5. The molecule has 21 heavy (non-hydrogen) atoms. The number of benzene rings is 2. The molecule has 2 rings (SSSR count). The predicted octanol–water partition coefficient (Wildman–Crippen LogP) is 5.03. The lowest BCUT2D eigenvalue weighted by Crippen LogP contribution is -2.12. The summed E-state index contributed by atoms with van der Waals surface area (Å²) >= 11 is 6.08. The summed E-state index contributed by atoms with van der Waals surface area (Å²) in [6.45, 7) is 4.30. The van der Waals surface area contributed by atoms with E-state index in [1.807, 2.05) is 48.5 Å². The van der Waals surface area contributed by atoms with Crippen molar-refractivity contribution in [3.63, 3.8) is 0 Å². The first-order valence-corrected chi connectivity index (χ1v) is 7.57. The summed E-state index contributed by atoms with van der Waals surface area (Å²) in [5.74, 6) is 0.502. The van der Waals surface area contributed by atoms with E-state index in [4.69, 9.17) is 11.6 Å². The maximum Gasteiger partial charge on any atom is 0.224 e. The van der Waals surface area contributed by atoms with Gasteiger partial charge in [0, 0.05) is 17.1 Å². The molecule has 0 aromatic heterocycles. The number of carbonyl (C=O) groups excluding carboxylic acids is 1. The zero-order valence-electron chi connectivity index (χ0n) is 12.4. The van der Waals surface area contributed by atoms with Crippen molar-refractivity contribution < 1.29 is 4.79 Å². The van der Waals surface area contributed by atoms with Gasteiger partial charge in [-0.1, -0.05) is 55.8 Å². The zero-order chi connectivity index (χ0) is 15.2. The molecule has 0 atom stereocenters. The average Bonchev–Trinajstić information content (AvgIpc) is 2.47. The van der Waals surface area contributed by atoms with Crippen LogP contribution in [-0.4, -0.2) is 5.91 Å². The van der Waals surface area contributed by atoms with Crippen LogP contribution in [0.3, 0.4) is 0 Å². The number of nitrogens with one attached hydrogen (secondary N) is 1. The van der Waals surface area contributed by atoms with Crippen LogP contribution >= 0.6 is 11.6 Å². The van der Waals surface area contributed by atoms with Crippen molar-refractivity contribution >= 4 is 23.2 Å². The van der Waals surface area contributed by atoms with E-state index in [-0.39, 0.29) is 5.91 Å². The molecule has 0 saturated carbocycles. The second-order valence-corrected chi connectivity index (χ2v) is 5.82. The summed E-state index contributed by atoms with van der Waals surface area (Å²) in [6, 6.07) is 15.6. The molecule has 0 aliphatic heterocycles. The highest BCUT2D eigenvalue weighted by Gasteiger charge is 2.06. The molecule has 2 aromatic carbocycles. The largest absolute Gasteiger partial charge is 0.326 e. The molecular weight excluding hydrogens is 282 g/mol. The van der Waals surface area contributed by atoms with Crippen LogP contribution < -0.4 is 5.32 Å². The molecule has 2 aromatic rings. The molecule has 0 fully saturated rings. The maximum atomic E-state index is 12.0. The van der Waals surface area contributed by atoms with Gasteiger partial charge < -0.3 is 5.32 Å². The second kappa shape index (κ2) is 7.28. The molecule has 0 aliphatic carbocycles. The van der Waals surface area contributed by atoms with Gasteiger partial charge in [0.2, 0.25) is 5.91 Å². The fourth-order valence-electron chi connectivity index (χ4n) is 2.12. The molecule has 1 amide bonds. The summed E-state index contributed by atoms with van der Waals surface area (Å²) < 4.78 is 0. The molecule has 0 spiro atoms. The summed E-state index contributed by atoms with van der Waals surface area (Å²) in [5, 5.41) is 3.63. The number of halogens is 1. The lowest BCUT2D eigenvalue weighted by molar-refractivity contribution is -0.116. The van der Waals surface area contributed by atoms with Gasteiger partial charge in [0.1, 0.15) is 0 Å². The third-order valence-corrected chi connectivity index (χ3v) is 3.81. The van der Waals surface area contributed by atoms with E-state index >= 15 is 0 Å². The first kappa shape index (κ1) is 15.6. The summed E-state index contributed by atoms with van der Waals surface area (Å²) in [5.41, 5.74) is 3.11. The van der Waals surface area contributed by atoms with Gasteiger partial charge in [-0.15, -0.1) is 0 Å². The second-order valence-electron chi connectivity index (χ2n) is 5.42. The fraction of sp³-hybridized carbons (Fsp3) is 0.278. The van der Waals surface area contributed by atoms with Crippen molar-refractivity contribution in [3.8, 4) is 0 Å². The van der Waals surface area contributed by atoms with Gasteiger partial charge in [0.25, 0.3) is 0 Å². The SMILES string of the molecule is CC(C)c1ccc(NC(=O)CCc2ccccc2Cl)cc1. The molecule has 0 radical (unpaired) electrons. The van der Waals surface area contributed by atoms with Crippen LogP contribution in [0.2, 0.25) is 5.02 Å². The van der Waals surface area contributed by atoms with Crippen LogP contribution in [0.4, 0.5) is 5.69 Å². The van der Waals surface area contributed by atoms with E-state index in [2.05, 4.69) is 19.2 Å². The van der Waals surface area contributed by atoms with Crippen molar-refractivity contribution in [2.45, 2.75) is 32.6 Å². The minimum Gasteiger partial charge on any atom is -0.326 e.